The first kappa shape index (κ1) is 14.6. The number of amides is 1. The Morgan fingerprint density at radius 2 is 2.00 bits per heavy atom. The van der Waals surface area contributed by atoms with Crippen LogP contribution in [0.2, 0.25) is 5.22 Å². The standard InChI is InChI=1S/C13H12ClNO4S/c1-2-20(17,18)11-6-4-3-5-10(11)15-13(16)9-7-8-19-12(9)14/h3-8H,2H2,1H3,(H,15,16). The normalized spacial score (nSPS) is 11.3. The van der Waals surface area contributed by atoms with Crippen LogP contribution in [0.15, 0.2) is 45.9 Å². The average molecular weight is 314 g/mol. The molecule has 0 bridgehead atoms. The summed E-state index contributed by atoms with van der Waals surface area (Å²) in [6, 6.07) is 7.62. The molecular weight excluding hydrogens is 302 g/mol. The van der Waals surface area contributed by atoms with Crippen molar-refractivity contribution < 1.29 is 17.6 Å². The van der Waals surface area contributed by atoms with Crippen molar-refractivity contribution in [3.05, 3.63) is 47.4 Å². The van der Waals surface area contributed by atoms with Gasteiger partial charge in [0.1, 0.15) is 0 Å². The lowest BCUT2D eigenvalue weighted by Gasteiger charge is -2.10. The molecule has 2 aromatic rings. The van der Waals surface area contributed by atoms with Crippen LogP contribution in [0.4, 0.5) is 5.69 Å². The first-order valence-corrected chi connectivity index (χ1v) is 7.85. The largest absolute Gasteiger partial charge is 0.452 e. The van der Waals surface area contributed by atoms with E-state index < -0.39 is 15.7 Å². The summed E-state index contributed by atoms with van der Waals surface area (Å²) in [7, 11) is -3.42. The maximum absolute atomic E-state index is 12.0. The van der Waals surface area contributed by atoms with E-state index in [0.717, 1.165) is 0 Å². The summed E-state index contributed by atoms with van der Waals surface area (Å²) in [5.41, 5.74) is 0.368. The molecule has 106 valence electrons. The number of hydrogen-bond donors (Lipinski definition) is 1. The molecule has 0 radical (unpaired) electrons. The number of anilines is 1. The van der Waals surface area contributed by atoms with Gasteiger partial charge in [0.05, 0.1) is 28.2 Å². The molecule has 0 spiro atoms. The van der Waals surface area contributed by atoms with Crippen molar-refractivity contribution in [1.82, 2.24) is 0 Å². The van der Waals surface area contributed by atoms with Crippen LogP contribution in [0.3, 0.4) is 0 Å². The number of nitrogens with one attached hydrogen (secondary N) is 1. The highest BCUT2D eigenvalue weighted by Crippen LogP contribution is 2.24. The van der Waals surface area contributed by atoms with E-state index in [2.05, 4.69) is 5.32 Å². The Balaban J connectivity index is 2.36. The van der Waals surface area contributed by atoms with Gasteiger partial charge in [0.15, 0.2) is 9.84 Å². The van der Waals surface area contributed by atoms with Crippen molar-refractivity contribution in [2.45, 2.75) is 11.8 Å². The zero-order valence-corrected chi connectivity index (χ0v) is 12.2. The number of benzene rings is 1. The Bertz CT molecular complexity index is 736. The molecule has 0 saturated carbocycles. The third kappa shape index (κ3) is 2.86. The van der Waals surface area contributed by atoms with Crippen LogP contribution in [0.25, 0.3) is 0 Å². The Morgan fingerprint density at radius 1 is 1.30 bits per heavy atom. The molecule has 7 heteroatoms. The molecular formula is C13H12ClNO4S. The first-order chi connectivity index (χ1) is 9.45. The second-order valence-electron chi connectivity index (χ2n) is 3.96. The van der Waals surface area contributed by atoms with Crippen molar-refractivity contribution >= 4 is 33.0 Å². The van der Waals surface area contributed by atoms with Gasteiger partial charge in [-0.1, -0.05) is 19.1 Å². The first-order valence-electron chi connectivity index (χ1n) is 5.82. The van der Waals surface area contributed by atoms with E-state index >= 15 is 0 Å². The molecule has 0 aliphatic carbocycles. The summed E-state index contributed by atoms with van der Waals surface area (Å²) in [4.78, 5) is 12.1. The van der Waals surface area contributed by atoms with Gasteiger partial charge in [0, 0.05) is 0 Å². The van der Waals surface area contributed by atoms with Crippen LogP contribution in [0.1, 0.15) is 17.3 Å². The summed E-state index contributed by atoms with van der Waals surface area (Å²) in [5, 5.41) is 2.49. The molecule has 0 saturated heterocycles. The fourth-order valence-corrected chi connectivity index (χ4v) is 2.89. The van der Waals surface area contributed by atoms with Crippen molar-refractivity contribution in [3.8, 4) is 0 Å². The van der Waals surface area contributed by atoms with Gasteiger partial charge in [-0.15, -0.1) is 0 Å². The lowest BCUT2D eigenvalue weighted by atomic mass is 10.3. The Hall–Kier alpha value is -1.79. The maximum atomic E-state index is 12.0. The van der Waals surface area contributed by atoms with Crippen LogP contribution in [0, 0.1) is 0 Å². The number of para-hydroxylation sites is 1. The van der Waals surface area contributed by atoms with Crippen LogP contribution >= 0.6 is 11.6 Å². The number of halogens is 1. The minimum Gasteiger partial charge on any atom is -0.452 e. The SMILES string of the molecule is CCS(=O)(=O)c1ccccc1NC(=O)c1ccoc1Cl. The molecule has 0 atom stereocenters. The van der Waals surface area contributed by atoms with Crippen LogP contribution in [-0.2, 0) is 9.84 Å². The number of rotatable bonds is 4. The van der Waals surface area contributed by atoms with E-state index in [-0.39, 0.29) is 27.1 Å². The molecule has 1 N–H and O–H groups in total. The molecule has 0 aliphatic heterocycles. The van der Waals surface area contributed by atoms with Gasteiger partial charge in [-0.05, 0) is 29.8 Å². The molecule has 1 aromatic carbocycles. The third-order valence-corrected chi connectivity index (χ3v) is 4.79. The fraction of sp³-hybridized carbons (Fsp3) is 0.154. The molecule has 1 amide bonds. The zero-order chi connectivity index (χ0) is 14.8. The fourth-order valence-electron chi connectivity index (χ4n) is 1.64. The molecule has 1 heterocycles. The summed E-state index contributed by atoms with van der Waals surface area (Å²) < 4.78 is 28.7. The minimum atomic E-state index is -3.42. The molecule has 1 aromatic heterocycles. The summed E-state index contributed by atoms with van der Waals surface area (Å²) in [6.45, 7) is 1.54. The smallest absolute Gasteiger partial charge is 0.260 e. The Labute approximate surface area is 121 Å². The van der Waals surface area contributed by atoms with Crippen molar-refractivity contribution in [2.24, 2.45) is 0 Å². The van der Waals surface area contributed by atoms with Gasteiger partial charge in [-0.2, -0.15) is 0 Å². The van der Waals surface area contributed by atoms with Gasteiger partial charge in [0.2, 0.25) is 5.22 Å². The van der Waals surface area contributed by atoms with E-state index in [1.165, 1.54) is 24.5 Å². The van der Waals surface area contributed by atoms with E-state index in [9.17, 15) is 13.2 Å². The van der Waals surface area contributed by atoms with Crippen molar-refractivity contribution in [3.63, 3.8) is 0 Å². The minimum absolute atomic E-state index is 0.0432. The highest BCUT2D eigenvalue weighted by Gasteiger charge is 2.19. The predicted octanol–water partition coefficient (Wildman–Crippen LogP) is 2.98. The lowest BCUT2D eigenvalue weighted by Crippen LogP contribution is -2.15. The van der Waals surface area contributed by atoms with Gasteiger partial charge >= 0.3 is 0 Å². The van der Waals surface area contributed by atoms with Crippen molar-refractivity contribution in [2.75, 3.05) is 11.1 Å². The molecule has 2 rings (SSSR count). The predicted molar refractivity (Wildman–Crippen MR) is 75.8 cm³/mol. The number of carbonyl (C=O) groups excluding carboxylic acids is 1. The quantitative estimate of drug-likeness (QED) is 0.941. The van der Waals surface area contributed by atoms with E-state index in [0.29, 0.717) is 0 Å². The monoisotopic (exact) mass is 313 g/mol. The maximum Gasteiger partial charge on any atom is 0.260 e. The highest BCUT2D eigenvalue weighted by atomic mass is 35.5. The topological polar surface area (TPSA) is 76.4 Å². The third-order valence-electron chi connectivity index (χ3n) is 2.71. The van der Waals surface area contributed by atoms with Crippen LogP contribution in [-0.4, -0.2) is 20.1 Å². The summed E-state index contributed by atoms with van der Waals surface area (Å²) in [5.74, 6) is -0.575. The molecule has 0 aliphatic rings. The van der Waals surface area contributed by atoms with Gasteiger partial charge in [-0.25, -0.2) is 8.42 Å². The molecule has 5 nitrogen and oxygen atoms in total. The number of hydrogen-bond acceptors (Lipinski definition) is 4. The number of furan rings is 1. The highest BCUT2D eigenvalue weighted by molar-refractivity contribution is 7.91. The second kappa shape index (κ2) is 5.68. The lowest BCUT2D eigenvalue weighted by molar-refractivity contribution is 0.102. The van der Waals surface area contributed by atoms with Gasteiger partial charge in [0.25, 0.3) is 5.91 Å². The Kier molecular flexibility index (Phi) is 4.15. The molecule has 0 fully saturated rings. The van der Waals surface area contributed by atoms with Crippen LogP contribution < -0.4 is 5.32 Å². The average Bonchev–Trinajstić information content (AvgIpc) is 2.85. The zero-order valence-electron chi connectivity index (χ0n) is 10.6. The summed E-state index contributed by atoms with van der Waals surface area (Å²) >= 11 is 5.71. The van der Waals surface area contributed by atoms with Gasteiger partial charge < -0.3 is 9.73 Å². The van der Waals surface area contributed by atoms with E-state index in [1.54, 1.807) is 19.1 Å². The van der Waals surface area contributed by atoms with Gasteiger partial charge in [-0.3, -0.25) is 4.79 Å². The second-order valence-corrected chi connectivity index (χ2v) is 6.55. The molecule has 0 unspecified atom stereocenters. The number of sulfone groups is 1. The van der Waals surface area contributed by atoms with E-state index in [1.807, 2.05) is 0 Å². The van der Waals surface area contributed by atoms with E-state index in [4.69, 9.17) is 16.0 Å². The van der Waals surface area contributed by atoms with Crippen molar-refractivity contribution in [1.29, 1.82) is 0 Å². The van der Waals surface area contributed by atoms with Crippen LogP contribution in [0.5, 0.6) is 0 Å². The summed E-state index contributed by atoms with van der Waals surface area (Å²) in [6.07, 6.45) is 1.28. The molecule has 20 heavy (non-hydrogen) atoms. The Morgan fingerprint density at radius 3 is 2.60 bits per heavy atom. The number of carbonyl (C=O) groups is 1.